The number of hydrogen-bond donors (Lipinski definition) is 2. The van der Waals surface area contributed by atoms with Crippen LogP contribution in [-0.2, 0) is 6.54 Å². The molecule has 96 valence electrons. The highest BCUT2D eigenvalue weighted by molar-refractivity contribution is 5.42. The van der Waals surface area contributed by atoms with Crippen molar-refractivity contribution in [2.75, 3.05) is 17.2 Å². The van der Waals surface area contributed by atoms with Crippen molar-refractivity contribution < 1.29 is 4.52 Å². The second kappa shape index (κ2) is 5.48. The number of anilines is 2. The summed E-state index contributed by atoms with van der Waals surface area (Å²) in [6, 6.07) is 3.79. The quantitative estimate of drug-likeness (QED) is 0.843. The van der Waals surface area contributed by atoms with Gasteiger partial charge in [0.2, 0.25) is 5.95 Å². The molecule has 0 saturated carbocycles. The third kappa shape index (κ3) is 3.19. The summed E-state index contributed by atoms with van der Waals surface area (Å²) in [6.45, 7) is 7.20. The molecule has 0 aromatic carbocycles. The van der Waals surface area contributed by atoms with Crippen LogP contribution in [0.5, 0.6) is 0 Å². The third-order valence-electron chi connectivity index (χ3n) is 2.32. The lowest BCUT2D eigenvalue weighted by atomic mass is 10.3. The molecule has 2 aromatic rings. The van der Waals surface area contributed by atoms with Crippen LogP contribution in [0, 0.1) is 13.8 Å². The molecule has 0 unspecified atom stereocenters. The molecule has 0 aliphatic heterocycles. The van der Waals surface area contributed by atoms with Crippen LogP contribution in [0.1, 0.15) is 24.1 Å². The van der Waals surface area contributed by atoms with E-state index < -0.39 is 0 Å². The zero-order valence-electron chi connectivity index (χ0n) is 10.8. The molecule has 0 atom stereocenters. The van der Waals surface area contributed by atoms with E-state index in [0.717, 1.165) is 29.5 Å². The van der Waals surface area contributed by atoms with Gasteiger partial charge in [0, 0.05) is 24.4 Å². The number of aryl methyl sites for hydroxylation is 2. The first-order valence-electron chi connectivity index (χ1n) is 5.93. The van der Waals surface area contributed by atoms with Gasteiger partial charge in [-0.1, -0.05) is 5.16 Å². The molecule has 18 heavy (non-hydrogen) atoms. The smallest absolute Gasteiger partial charge is 0.224 e. The number of nitrogens with zero attached hydrogens (tertiary/aromatic N) is 3. The Labute approximate surface area is 106 Å². The Morgan fingerprint density at radius 3 is 2.67 bits per heavy atom. The van der Waals surface area contributed by atoms with Gasteiger partial charge in [-0.3, -0.25) is 0 Å². The minimum absolute atomic E-state index is 0.583. The summed E-state index contributed by atoms with van der Waals surface area (Å²) in [5.74, 6) is 2.22. The van der Waals surface area contributed by atoms with Crippen LogP contribution in [0.2, 0.25) is 0 Å². The first kappa shape index (κ1) is 12.3. The second-order valence-electron chi connectivity index (χ2n) is 4.03. The van der Waals surface area contributed by atoms with Gasteiger partial charge in [-0.25, -0.2) is 4.98 Å². The van der Waals surface area contributed by atoms with Crippen molar-refractivity contribution in [1.82, 2.24) is 15.1 Å². The Morgan fingerprint density at radius 1 is 1.17 bits per heavy atom. The van der Waals surface area contributed by atoms with Gasteiger partial charge < -0.3 is 15.2 Å². The Bertz CT molecular complexity index is 523. The van der Waals surface area contributed by atoms with Gasteiger partial charge in [0.25, 0.3) is 0 Å². The van der Waals surface area contributed by atoms with Gasteiger partial charge in [-0.15, -0.1) is 0 Å². The fourth-order valence-corrected chi connectivity index (χ4v) is 1.58. The van der Waals surface area contributed by atoms with E-state index in [1.165, 1.54) is 0 Å². The van der Waals surface area contributed by atoms with Crippen LogP contribution in [0.4, 0.5) is 11.8 Å². The van der Waals surface area contributed by atoms with Gasteiger partial charge in [-0.2, -0.15) is 4.98 Å². The van der Waals surface area contributed by atoms with Crippen molar-refractivity contribution in [1.29, 1.82) is 0 Å². The van der Waals surface area contributed by atoms with E-state index in [9.17, 15) is 0 Å². The normalized spacial score (nSPS) is 10.4. The highest BCUT2D eigenvalue weighted by atomic mass is 16.5. The van der Waals surface area contributed by atoms with E-state index >= 15 is 0 Å². The highest BCUT2D eigenvalue weighted by Gasteiger charge is 2.03. The molecule has 0 aliphatic carbocycles. The summed E-state index contributed by atoms with van der Waals surface area (Å²) in [7, 11) is 0. The van der Waals surface area contributed by atoms with Crippen molar-refractivity contribution in [2.24, 2.45) is 0 Å². The molecule has 0 aliphatic rings. The molecule has 0 fully saturated rings. The summed E-state index contributed by atoms with van der Waals surface area (Å²) in [5.41, 5.74) is 1.77. The summed E-state index contributed by atoms with van der Waals surface area (Å²) in [5, 5.41) is 10.2. The maximum Gasteiger partial charge on any atom is 0.224 e. The van der Waals surface area contributed by atoms with E-state index in [4.69, 9.17) is 4.52 Å². The first-order valence-corrected chi connectivity index (χ1v) is 5.93. The lowest BCUT2D eigenvalue weighted by molar-refractivity contribution is 0.391. The Hall–Kier alpha value is -2.11. The standard InChI is InChI=1S/C12H17N5O/c1-4-13-12-15-8(2)5-11(16-12)14-7-10-6-9(3)18-17-10/h5-6H,4,7H2,1-3H3,(H2,13,14,15,16). The molecule has 0 bridgehead atoms. The van der Waals surface area contributed by atoms with Crippen LogP contribution in [0.15, 0.2) is 16.7 Å². The maximum absolute atomic E-state index is 5.00. The van der Waals surface area contributed by atoms with Crippen LogP contribution in [0.25, 0.3) is 0 Å². The molecule has 2 rings (SSSR count). The summed E-state index contributed by atoms with van der Waals surface area (Å²) < 4.78 is 5.00. The van der Waals surface area contributed by atoms with Crippen molar-refractivity contribution in [3.63, 3.8) is 0 Å². The Morgan fingerprint density at radius 2 is 2.00 bits per heavy atom. The first-order chi connectivity index (χ1) is 8.67. The van der Waals surface area contributed by atoms with Crippen molar-refractivity contribution >= 4 is 11.8 Å². The van der Waals surface area contributed by atoms with Crippen molar-refractivity contribution in [2.45, 2.75) is 27.3 Å². The molecule has 0 radical (unpaired) electrons. The minimum atomic E-state index is 0.583. The van der Waals surface area contributed by atoms with Crippen LogP contribution in [0.3, 0.4) is 0 Å². The predicted octanol–water partition coefficient (Wildman–Crippen LogP) is 2.13. The lowest BCUT2D eigenvalue weighted by Gasteiger charge is -2.07. The van der Waals surface area contributed by atoms with Gasteiger partial charge in [-0.05, 0) is 20.8 Å². The predicted molar refractivity (Wildman–Crippen MR) is 69.5 cm³/mol. The van der Waals surface area contributed by atoms with Gasteiger partial charge in [0.05, 0.1) is 6.54 Å². The summed E-state index contributed by atoms with van der Waals surface area (Å²) in [6.07, 6.45) is 0. The Kier molecular flexibility index (Phi) is 3.76. The zero-order valence-corrected chi connectivity index (χ0v) is 10.8. The topological polar surface area (TPSA) is 75.9 Å². The molecular formula is C12H17N5O. The van der Waals surface area contributed by atoms with Crippen molar-refractivity contribution in [3.05, 3.63) is 29.3 Å². The van der Waals surface area contributed by atoms with Crippen LogP contribution in [-0.4, -0.2) is 21.7 Å². The van der Waals surface area contributed by atoms with Gasteiger partial charge >= 0.3 is 0 Å². The summed E-state index contributed by atoms with van der Waals surface area (Å²) >= 11 is 0. The fourth-order valence-electron chi connectivity index (χ4n) is 1.58. The highest BCUT2D eigenvalue weighted by Crippen LogP contribution is 2.11. The van der Waals surface area contributed by atoms with Gasteiger partial charge in [0.1, 0.15) is 17.3 Å². The molecular weight excluding hydrogens is 230 g/mol. The SMILES string of the molecule is CCNc1nc(C)cc(NCc2cc(C)on2)n1. The molecule has 6 nitrogen and oxygen atoms in total. The zero-order chi connectivity index (χ0) is 13.0. The minimum Gasteiger partial charge on any atom is -0.364 e. The summed E-state index contributed by atoms with van der Waals surface area (Å²) in [4.78, 5) is 8.64. The molecule has 0 amide bonds. The molecule has 0 saturated heterocycles. The lowest BCUT2D eigenvalue weighted by Crippen LogP contribution is -2.07. The molecule has 2 heterocycles. The molecule has 2 N–H and O–H groups in total. The molecule has 0 spiro atoms. The fraction of sp³-hybridized carbons (Fsp3) is 0.417. The largest absolute Gasteiger partial charge is 0.364 e. The van der Waals surface area contributed by atoms with E-state index in [2.05, 4.69) is 25.8 Å². The average Bonchev–Trinajstić information content (AvgIpc) is 2.72. The van der Waals surface area contributed by atoms with Crippen LogP contribution < -0.4 is 10.6 Å². The number of nitrogens with one attached hydrogen (secondary N) is 2. The van der Waals surface area contributed by atoms with Crippen LogP contribution >= 0.6 is 0 Å². The number of rotatable bonds is 5. The monoisotopic (exact) mass is 247 g/mol. The Balaban J connectivity index is 2.04. The van der Waals surface area contributed by atoms with E-state index in [-0.39, 0.29) is 0 Å². The average molecular weight is 247 g/mol. The van der Waals surface area contributed by atoms with E-state index in [0.29, 0.717) is 12.5 Å². The second-order valence-corrected chi connectivity index (χ2v) is 4.03. The van der Waals surface area contributed by atoms with E-state index in [1.807, 2.05) is 32.9 Å². The van der Waals surface area contributed by atoms with Crippen molar-refractivity contribution in [3.8, 4) is 0 Å². The molecule has 6 heteroatoms. The number of hydrogen-bond acceptors (Lipinski definition) is 6. The maximum atomic E-state index is 5.00. The van der Waals surface area contributed by atoms with Gasteiger partial charge in [0.15, 0.2) is 0 Å². The third-order valence-corrected chi connectivity index (χ3v) is 2.32. The molecule has 2 aromatic heterocycles. The van der Waals surface area contributed by atoms with E-state index in [1.54, 1.807) is 0 Å². The number of aromatic nitrogens is 3.